The van der Waals surface area contributed by atoms with E-state index in [4.69, 9.17) is 22.4 Å². The highest BCUT2D eigenvalue weighted by Crippen LogP contribution is 2.21. The van der Waals surface area contributed by atoms with Crippen LogP contribution in [0.3, 0.4) is 0 Å². The molecule has 0 saturated carbocycles. The topological polar surface area (TPSA) is 77.1 Å². The number of terminal acetylenes is 1. The second kappa shape index (κ2) is 8.13. The van der Waals surface area contributed by atoms with E-state index in [1.165, 1.54) is 10.8 Å². The van der Waals surface area contributed by atoms with Crippen molar-refractivity contribution in [2.24, 2.45) is 0 Å². The number of nitrogens with zero attached hydrogens (tertiary/aromatic N) is 2. The molecule has 0 aliphatic carbocycles. The zero-order valence-electron chi connectivity index (χ0n) is 13.6. The molecule has 8 heteroatoms. The van der Waals surface area contributed by atoms with Crippen molar-refractivity contribution >= 4 is 40.2 Å². The third-order valence-electron chi connectivity index (χ3n) is 3.50. The maximum absolute atomic E-state index is 12.9. The van der Waals surface area contributed by atoms with Crippen molar-refractivity contribution in [3.05, 3.63) is 57.7 Å². The van der Waals surface area contributed by atoms with Crippen LogP contribution in [0.1, 0.15) is 5.76 Å². The lowest BCUT2D eigenvalue weighted by Crippen LogP contribution is -2.27. The van der Waals surface area contributed by atoms with Crippen LogP contribution < -0.4 is 10.9 Å². The molecule has 0 spiro atoms. The van der Waals surface area contributed by atoms with Gasteiger partial charge in [0.25, 0.3) is 5.56 Å². The summed E-state index contributed by atoms with van der Waals surface area (Å²) in [6.45, 7) is 0.366. The molecule has 1 amide bonds. The highest BCUT2D eigenvalue weighted by Gasteiger charge is 2.15. The average molecular weight is 388 g/mol. The van der Waals surface area contributed by atoms with Gasteiger partial charge in [0.15, 0.2) is 5.16 Å². The summed E-state index contributed by atoms with van der Waals surface area (Å²) in [6.07, 6.45) is 6.66. The number of benzene rings is 1. The van der Waals surface area contributed by atoms with Crippen molar-refractivity contribution < 1.29 is 9.21 Å². The van der Waals surface area contributed by atoms with E-state index in [9.17, 15) is 9.59 Å². The number of halogens is 1. The summed E-state index contributed by atoms with van der Waals surface area (Å²) in [5, 5.41) is 3.91. The van der Waals surface area contributed by atoms with Gasteiger partial charge >= 0.3 is 0 Å². The Balaban J connectivity index is 1.99. The maximum atomic E-state index is 12.9. The fourth-order valence-corrected chi connectivity index (χ4v) is 3.31. The Labute approximate surface area is 158 Å². The van der Waals surface area contributed by atoms with Gasteiger partial charge in [0.05, 0.1) is 36.0 Å². The predicted molar refractivity (Wildman–Crippen MR) is 101 cm³/mol. The van der Waals surface area contributed by atoms with Gasteiger partial charge in [-0.3, -0.25) is 14.2 Å². The van der Waals surface area contributed by atoms with Gasteiger partial charge in [0.1, 0.15) is 5.76 Å². The SMILES string of the molecule is C#CCNC(=O)CSc1nc2cc(Cl)ccc2c(=O)n1Cc1ccco1. The lowest BCUT2D eigenvalue weighted by Gasteiger charge is -2.12. The predicted octanol–water partition coefficient (Wildman–Crippen LogP) is 2.53. The number of rotatable bonds is 6. The maximum Gasteiger partial charge on any atom is 0.262 e. The van der Waals surface area contributed by atoms with Gasteiger partial charge in [-0.15, -0.1) is 6.42 Å². The normalized spacial score (nSPS) is 10.6. The minimum Gasteiger partial charge on any atom is -0.467 e. The summed E-state index contributed by atoms with van der Waals surface area (Å²) in [5.74, 6) is 2.79. The van der Waals surface area contributed by atoms with Crippen LogP contribution in [0.4, 0.5) is 0 Å². The van der Waals surface area contributed by atoms with Gasteiger partial charge in [-0.25, -0.2) is 4.98 Å². The smallest absolute Gasteiger partial charge is 0.262 e. The molecule has 0 unspecified atom stereocenters. The van der Waals surface area contributed by atoms with Crippen LogP contribution in [-0.2, 0) is 11.3 Å². The molecule has 3 rings (SSSR count). The Morgan fingerprint density at radius 2 is 2.27 bits per heavy atom. The molecule has 3 aromatic rings. The largest absolute Gasteiger partial charge is 0.467 e. The van der Waals surface area contributed by atoms with E-state index in [2.05, 4.69) is 16.2 Å². The molecular formula is C18H14ClN3O3S. The van der Waals surface area contributed by atoms with Crippen LogP contribution in [0.2, 0.25) is 5.02 Å². The number of thioether (sulfide) groups is 1. The summed E-state index contributed by atoms with van der Waals surface area (Å²) in [5.41, 5.74) is 0.249. The number of amides is 1. The summed E-state index contributed by atoms with van der Waals surface area (Å²) in [7, 11) is 0. The zero-order chi connectivity index (χ0) is 18.5. The molecule has 2 heterocycles. The standard InChI is InChI=1S/C18H14ClN3O3S/c1-2-7-20-16(23)11-26-18-21-15-9-12(19)5-6-14(15)17(24)22(18)10-13-4-3-8-25-13/h1,3-6,8-9H,7,10-11H2,(H,20,23). The number of furan rings is 1. The lowest BCUT2D eigenvalue weighted by atomic mass is 10.2. The lowest BCUT2D eigenvalue weighted by molar-refractivity contribution is -0.118. The summed E-state index contributed by atoms with van der Waals surface area (Å²) >= 11 is 7.16. The van der Waals surface area contributed by atoms with Crippen molar-refractivity contribution in [3.8, 4) is 12.3 Å². The van der Waals surface area contributed by atoms with Crippen LogP contribution in [-0.4, -0.2) is 27.8 Å². The van der Waals surface area contributed by atoms with Crippen molar-refractivity contribution in [2.45, 2.75) is 11.7 Å². The molecule has 0 fully saturated rings. The molecule has 2 aromatic heterocycles. The van der Waals surface area contributed by atoms with Crippen LogP contribution >= 0.6 is 23.4 Å². The van der Waals surface area contributed by atoms with Crippen LogP contribution in [0.5, 0.6) is 0 Å². The molecule has 0 saturated heterocycles. The number of hydrogen-bond donors (Lipinski definition) is 1. The van der Waals surface area contributed by atoms with E-state index in [1.807, 2.05) is 0 Å². The first-order valence-corrected chi connectivity index (χ1v) is 9.00. The van der Waals surface area contributed by atoms with Crippen molar-refractivity contribution in [3.63, 3.8) is 0 Å². The molecule has 132 valence electrons. The molecule has 6 nitrogen and oxygen atoms in total. The van der Waals surface area contributed by atoms with Gasteiger partial charge < -0.3 is 9.73 Å². The first-order chi connectivity index (χ1) is 12.6. The quantitative estimate of drug-likeness (QED) is 0.399. The third kappa shape index (κ3) is 4.10. The Kier molecular flexibility index (Phi) is 5.66. The van der Waals surface area contributed by atoms with Crippen LogP contribution in [0.15, 0.2) is 51.0 Å². The Hall–Kier alpha value is -2.69. The van der Waals surface area contributed by atoms with Crippen molar-refractivity contribution in [2.75, 3.05) is 12.3 Å². The number of carbonyl (C=O) groups excluding carboxylic acids is 1. The molecule has 0 radical (unpaired) electrons. The van der Waals surface area contributed by atoms with E-state index >= 15 is 0 Å². The second-order valence-corrected chi connectivity index (χ2v) is 6.67. The number of hydrogen-bond acceptors (Lipinski definition) is 5. The van der Waals surface area contributed by atoms with Gasteiger partial charge in [-0.05, 0) is 30.3 Å². The molecule has 1 N–H and O–H groups in total. The van der Waals surface area contributed by atoms with Gasteiger partial charge in [0, 0.05) is 5.02 Å². The Morgan fingerprint density at radius 3 is 3.00 bits per heavy atom. The number of aromatic nitrogens is 2. The Bertz CT molecular complexity index is 1040. The highest BCUT2D eigenvalue weighted by molar-refractivity contribution is 7.99. The zero-order valence-corrected chi connectivity index (χ0v) is 15.1. The molecule has 0 atom stereocenters. The first kappa shape index (κ1) is 18.1. The second-order valence-electron chi connectivity index (χ2n) is 5.30. The molecule has 26 heavy (non-hydrogen) atoms. The summed E-state index contributed by atoms with van der Waals surface area (Å²) in [6, 6.07) is 8.42. The average Bonchev–Trinajstić information content (AvgIpc) is 3.13. The molecular weight excluding hydrogens is 374 g/mol. The molecule has 0 aliphatic heterocycles. The summed E-state index contributed by atoms with van der Waals surface area (Å²) in [4.78, 5) is 29.2. The van der Waals surface area contributed by atoms with Gasteiger partial charge in [-0.2, -0.15) is 0 Å². The van der Waals surface area contributed by atoms with Crippen LogP contribution in [0.25, 0.3) is 10.9 Å². The number of nitrogens with one attached hydrogen (secondary N) is 1. The van der Waals surface area contributed by atoms with Gasteiger partial charge in [-0.1, -0.05) is 29.3 Å². The fourth-order valence-electron chi connectivity index (χ4n) is 2.31. The van der Waals surface area contributed by atoms with E-state index in [0.29, 0.717) is 26.8 Å². The summed E-state index contributed by atoms with van der Waals surface area (Å²) < 4.78 is 6.82. The highest BCUT2D eigenvalue weighted by atomic mass is 35.5. The molecule has 0 bridgehead atoms. The van der Waals surface area contributed by atoms with Crippen molar-refractivity contribution in [1.82, 2.24) is 14.9 Å². The monoisotopic (exact) mass is 387 g/mol. The third-order valence-corrected chi connectivity index (χ3v) is 4.71. The van der Waals surface area contributed by atoms with E-state index < -0.39 is 0 Å². The van der Waals surface area contributed by atoms with Crippen LogP contribution in [0, 0.1) is 12.3 Å². The number of carbonyl (C=O) groups is 1. The van der Waals surface area contributed by atoms with E-state index in [-0.39, 0.29) is 30.3 Å². The van der Waals surface area contributed by atoms with Gasteiger partial charge in [0.2, 0.25) is 5.91 Å². The minimum absolute atomic E-state index is 0.0817. The van der Waals surface area contributed by atoms with E-state index in [0.717, 1.165) is 11.8 Å². The van der Waals surface area contributed by atoms with Crippen molar-refractivity contribution in [1.29, 1.82) is 0 Å². The van der Waals surface area contributed by atoms with E-state index in [1.54, 1.807) is 30.3 Å². The fraction of sp³-hybridized carbons (Fsp3) is 0.167. The molecule has 1 aromatic carbocycles. The minimum atomic E-state index is -0.238. The molecule has 0 aliphatic rings. The Morgan fingerprint density at radius 1 is 1.42 bits per heavy atom. The number of fused-ring (bicyclic) bond motifs is 1. The first-order valence-electron chi connectivity index (χ1n) is 7.64.